The zero-order valence-electron chi connectivity index (χ0n) is 16.1. The van der Waals surface area contributed by atoms with Crippen LogP contribution in [0.15, 0.2) is 18.2 Å². The Bertz CT molecular complexity index is 605. The molecule has 0 saturated heterocycles. The van der Waals surface area contributed by atoms with E-state index in [0.29, 0.717) is 0 Å². The van der Waals surface area contributed by atoms with E-state index in [1.54, 1.807) is 0 Å². The number of aliphatic hydroxyl groups excluding tert-OH is 3. The van der Waals surface area contributed by atoms with Gasteiger partial charge in [0.2, 0.25) is 0 Å². The van der Waals surface area contributed by atoms with Crippen molar-refractivity contribution in [2.24, 2.45) is 0 Å². The van der Waals surface area contributed by atoms with Gasteiger partial charge in [-0.1, -0.05) is 35.5 Å². The predicted octanol–water partition coefficient (Wildman–Crippen LogP) is 3.23. The van der Waals surface area contributed by atoms with Crippen molar-refractivity contribution >= 4 is 0 Å². The smallest absolute Gasteiger partial charge is 0.0431 e. The first-order valence-electron chi connectivity index (χ1n) is 9.74. The van der Waals surface area contributed by atoms with Crippen molar-refractivity contribution in [1.29, 1.82) is 0 Å². The van der Waals surface area contributed by atoms with E-state index in [1.165, 1.54) is 0 Å². The number of unbranched alkanes of at least 4 members (excludes halogenated alkanes) is 6. The molecule has 144 valence electrons. The summed E-state index contributed by atoms with van der Waals surface area (Å²) in [5.41, 5.74) is 2.71. The third kappa shape index (κ3) is 11.9. The van der Waals surface area contributed by atoms with Gasteiger partial charge in [0.25, 0.3) is 0 Å². The van der Waals surface area contributed by atoms with Gasteiger partial charge in [0.05, 0.1) is 0 Å². The fourth-order valence-corrected chi connectivity index (χ4v) is 2.31. The van der Waals surface area contributed by atoms with Gasteiger partial charge in [-0.3, -0.25) is 0 Å². The number of rotatable bonds is 9. The Balaban J connectivity index is 2.86. The zero-order chi connectivity index (χ0) is 19.6. The van der Waals surface area contributed by atoms with E-state index in [2.05, 4.69) is 35.5 Å². The van der Waals surface area contributed by atoms with Crippen LogP contribution in [0.3, 0.4) is 0 Å². The molecule has 0 aliphatic carbocycles. The Morgan fingerprint density at radius 3 is 1.04 bits per heavy atom. The molecular formula is C24H30O3. The number of benzene rings is 1. The number of aliphatic hydroxyl groups is 3. The van der Waals surface area contributed by atoms with Crippen molar-refractivity contribution in [3.63, 3.8) is 0 Å². The molecule has 1 aromatic rings. The second-order valence-electron chi connectivity index (χ2n) is 6.25. The Morgan fingerprint density at radius 2 is 0.778 bits per heavy atom. The lowest BCUT2D eigenvalue weighted by Crippen LogP contribution is -1.86. The molecule has 1 rings (SSSR count). The summed E-state index contributed by atoms with van der Waals surface area (Å²) in [5, 5.41) is 26.5. The molecule has 27 heavy (non-hydrogen) atoms. The second kappa shape index (κ2) is 16.0. The topological polar surface area (TPSA) is 60.7 Å². The maximum Gasteiger partial charge on any atom is 0.0431 e. The van der Waals surface area contributed by atoms with Crippen LogP contribution in [-0.2, 0) is 0 Å². The average Bonchev–Trinajstić information content (AvgIpc) is 2.67. The minimum atomic E-state index is 0.207. The Labute approximate surface area is 163 Å². The normalized spacial score (nSPS) is 9.44. The molecule has 0 aliphatic rings. The highest BCUT2D eigenvalue weighted by Gasteiger charge is 1.96. The molecule has 3 nitrogen and oxygen atoms in total. The maximum atomic E-state index is 8.82. The zero-order valence-corrected chi connectivity index (χ0v) is 16.1. The Morgan fingerprint density at radius 1 is 0.481 bits per heavy atom. The Kier molecular flexibility index (Phi) is 13.5. The molecule has 1 aromatic carbocycles. The molecule has 0 saturated carbocycles. The van der Waals surface area contributed by atoms with Crippen molar-refractivity contribution in [3.8, 4) is 35.5 Å². The fourth-order valence-electron chi connectivity index (χ4n) is 2.31. The van der Waals surface area contributed by atoms with Crippen LogP contribution < -0.4 is 0 Å². The van der Waals surface area contributed by atoms with Crippen LogP contribution in [-0.4, -0.2) is 35.1 Å². The molecule has 0 spiro atoms. The van der Waals surface area contributed by atoms with Gasteiger partial charge in [0.1, 0.15) is 0 Å². The maximum absolute atomic E-state index is 8.82. The average molecular weight is 367 g/mol. The van der Waals surface area contributed by atoms with Crippen molar-refractivity contribution < 1.29 is 15.3 Å². The molecule has 0 heterocycles. The summed E-state index contributed by atoms with van der Waals surface area (Å²) in [6.07, 6.45) is 7.30. The third-order valence-corrected chi connectivity index (χ3v) is 3.76. The summed E-state index contributed by atoms with van der Waals surface area (Å²) in [4.78, 5) is 0. The Hall–Kier alpha value is -2.22. The third-order valence-electron chi connectivity index (χ3n) is 3.76. The summed E-state index contributed by atoms with van der Waals surface area (Å²) in [5.74, 6) is 19.0. The molecule has 0 radical (unpaired) electrons. The van der Waals surface area contributed by atoms with Crippen LogP contribution in [0.2, 0.25) is 0 Å². The van der Waals surface area contributed by atoms with Gasteiger partial charge in [-0.25, -0.2) is 0 Å². The highest BCUT2D eigenvalue weighted by molar-refractivity contribution is 5.51. The van der Waals surface area contributed by atoms with Gasteiger partial charge in [0, 0.05) is 55.8 Å². The molecule has 3 heteroatoms. The highest BCUT2D eigenvalue weighted by atomic mass is 16.3. The van der Waals surface area contributed by atoms with E-state index in [4.69, 9.17) is 15.3 Å². The molecule has 0 unspecified atom stereocenters. The lowest BCUT2D eigenvalue weighted by Gasteiger charge is -1.98. The summed E-state index contributed by atoms with van der Waals surface area (Å²) >= 11 is 0. The van der Waals surface area contributed by atoms with Gasteiger partial charge in [-0.05, 0) is 56.7 Å². The number of hydrogen-bond acceptors (Lipinski definition) is 3. The summed E-state index contributed by atoms with van der Waals surface area (Å²) in [6.45, 7) is 0.622. The van der Waals surface area contributed by atoms with Crippen molar-refractivity contribution in [3.05, 3.63) is 34.9 Å². The molecular weight excluding hydrogens is 336 g/mol. The lowest BCUT2D eigenvalue weighted by molar-refractivity contribution is 0.285. The SMILES string of the molecule is OCCCCC#Cc1cc(C#CCCCCO)cc(C#CCCCCO)c1. The van der Waals surface area contributed by atoms with E-state index in [9.17, 15) is 0 Å². The molecule has 0 bridgehead atoms. The van der Waals surface area contributed by atoms with Gasteiger partial charge < -0.3 is 15.3 Å². The molecule has 0 aliphatic heterocycles. The van der Waals surface area contributed by atoms with Crippen LogP contribution in [0, 0.1) is 35.5 Å². The quantitative estimate of drug-likeness (QED) is 0.464. The van der Waals surface area contributed by atoms with E-state index < -0.39 is 0 Å². The highest BCUT2D eigenvalue weighted by Crippen LogP contribution is 2.09. The first kappa shape index (κ1) is 22.8. The van der Waals surface area contributed by atoms with Crippen molar-refractivity contribution in [1.82, 2.24) is 0 Å². The molecule has 0 fully saturated rings. The van der Waals surface area contributed by atoms with Crippen LogP contribution in [0.4, 0.5) is 0 Å². The predicted molar refractivity (Wildman–Crippen MR) is 110 cm³/mol. The lowest BCUT2D eigenvalue weighted by atomic mass is 10.1. The van der Waals surface area contributed by atoms with Crippen LogP contribution in [0.1, 0.15) is 74.5 Å². The van der Waals surface area contributed by atoms with Crippen LogP contribution >= 0.6 is 0 Å². The summed E-state index contributed by atoms with van der Waals surface area (Å²) < 4.78 is 0. The second-order valence-corrected chi connectivity index (χ2v) is 6.25. The fraction of sp³-hybridized carbons (Fsp3) is 0.500. The molecule has 0 atom stereocenters. The van der Waals surface area contributed by atoms with E-state index in [1.807, 2.05) is 18.2 Å². The molecule has 0 aromatic heterocycles. The van der Waals surface area contributed by atoms with Gasteiger partial charge in [-0.15, -0.1) is 0 Å². The summed E-state index contributed by atoms with van der Waals surface area (Å²) in [6, 6.07) is 5.94. The van der Waals surface area contributed by atoms with E-state index >= 15 is 0 Å². The largest absolute Gasteiger partial charge is 0.396 e. The van der Waals surface area contributed by atoms with E-state index in [-0.39, 0.29) is 19.8 Å². The molecule has 0 amide bonds. The monoisotopic (exact) mass is 366 g/mol. The minimum Gasteiger partial charge on any atom is -0.396 e. The van der Waals surface area contributed by atoms with Crippen molar-refractivity contribution in [2.75, 3.05) is 19.8 Å². The van der Waals surface area contributed by atoms with Gasteiger partial charge in [-0.2, -0.15) is 0 Å². The summed E-state index contributed by atoms with van der Waals surface area (Å²) in [7, 11) is 0. The standard InChI is InChI=1S/C24H30O3/c25-16-10-4-1-7-13-22-19-23(14-8-2-5-11-17-26)21-24(20-22)15-9-3-6-12-18-27/h19-21,25-27H,1-6,10-12,16-18H2. The van der Waals surface area contributed by atoms with Gasteiger partial charge in [0.15, 0.2) is 0 Å². The first-order chi connectivity index (χ1) is 13.3. The number of hydrogen-bond donors (Lipinski definition) is 3. The van der Waals surface area contributed by atoms with Crippen molar-refractivity contribution in [2.45, 2.75) is 57.8 Å². The van der Waals surface area contributed by atoms with E-state index in [0.717, 1.165) is 74.5 Å². The van der Waals surface area contributed by atoms with Crippen LogP contribution in [0.25, 0.3) is 0 Å². The molecule has 3 N–H and O–H groups in total. The first-order valence-corrected chi connectivity index (χ1v) is 9.74. The van der Waals surface area contributed by atoms with Crippen LogP contribution in [0.5, 0.6) is 0 Å². The minimum absolute atomic E-state index is 0.207. The van der Waals surface area contributed by atoms with Gasteiger partial charge >= 0.3 is 0 Å².